The molecular formula is C13H10N4O2. The van der Waals surface area contributed by atoms with Crippen LogP contribution >= 0.6 is 0 Å². The highest BCUT2D eigenvalue weighted by Gasteiger charge is 2.08. The van der Waals surface area contributed by atoms with Gasteiger partial charge in [0.2, 0.25) is 0 Å². The van der Waals surface area contributed by atoms with E-state index in [0.29, 0.717) is 22.9 Å². The largest absolute Gasteiger partial charge is 0.477 e. The van der Waals surface area contributed by atoms with Crippen LogP contribution in [0.5, 0.6) is 0 Å². The van der Waals surface area contributed by atoms with Crippen LogP contribution in [-0.4, -0.2) is 21.0 Å². The molecule has 0 fully saturated rings. The molecule has 0 aliphatic carbocycles. The molecule has 94 valence electrons. The van der Waals surface area contributed by atoms with Gasteiger partial charge in [0, 0.05) is 11.8 Å². The van der Waals surface area contributed by atoms with Gasteiger partial charge in [0.05, 0.1) is 11.6 Å². The normalized spacial score (nSPS) is 9.68. The van der Waals surface area contributed by atoms with Gasteiger partial charge in [0.15, 0.2) is 5.69 Å². The number of hydrogen-bond acceptors (Lipinski definition) is 5. The fourth-order valence-corrected chi connectivity index (χ4v) is 1.52. The van der Waals surface area contributed by atoms with E-state index in [9.17, 15) is 4.79 Å². The van der Waals surface area contributed by atoms with E-state index < -0.39 is 5.97 Å². The highest BCUT2D eigenvalue weighted by molar-refractivity contribution is 5.86. The Hall–Kier alpha value is -2.94. The molecule has 0 unspecified atom stereocenters. The summed E-state index contributed by atoms with van der Waals surface area (Å²) in [7, 11) is 0. The minimum Gasteiger partial charge on any atom is -0.477 e. The second kappa shape index (κ2) is 5.14. The van der Waals surface area contributed by atoms with E-state index in [-0.39, 0.29) is 5.69 Å². The van der Waals surface area contributed by atoms with Gasteiger partial charge in [-0.25, -0.2) is 14.8 Å². The maximum Gasteiger partial charge on any atom is 0.354 e. The quantitative estimate of drug-likeness (QED) is 0.870. The van der Waals surface area contributed by atoms with Crippen LogP contribution in [0.2, 0.25) is 0 Å². The Bertz CT molecular complexity index is 659. The van der Waals surface area contributed by atoms with Gasteiger partial charge in [0.25, 0.3) is 0 Å². The molecule has 0 aliphatic rings. The van der Waals surface area contributed by atoms with Crippen LogP contribution in [0.4, 0.5) is 11.5 Å². The van der Waals surface area contributed by atoms with Crippen molar-refractivity contribution in [1.82, 2.24) is 9.97 Å². The number of anilines is 2. The van der Waals surface area contributed by atoms with Crippen molar-refractivity contribution < 1.29 is 9.90 Å². The van der Waals surface area contributed by atoms with Crippen LogP contribution in [0.25, 0.3) is 0 Å². The summed E-state index contributed by atoms with van der Waals surface area (Å²) in [5, 5.41) is 20.6. The Morgan fingerprint density at radius 1 is 1.32 bits per heavy atom. The fraction of sp³-hybridized carbons (Fsp3) is 0.0769. The van der Waals surface area contributed by atoms with Crippen molar-refractivity contribution in [2.24, 2.45) is 0 Å². The lowest BCUT2D eigenvalue weighted by Crippen LogP contribution is -2.05. The van der Waals surface area contributed by atoms with Gasteiger partial charge in [-0.2, -0.15) is 5.26 Å². The Balaban J connectivity index is 2.27. The SMILES string of the molecule is Cc1nc(Nc2ccc(C#N)cc2)cc(C(=O)O)n1. The van der Waals surface area contributed by atoms with Crippen molar-refractivity contribution in [3.63, 3.8) is 0 Å². The summed E-state index contributed by atoms with van der Waals surface area (Å²) in [5.74, 6) is -0.334. The third-order valence-electron chi connectivity index (χ3n) is 2.34. The average Bonchev–Trinajstić information content (AvgIpc) is 2.39. The van der Waals surface area contributed by atoms with Crippen molar-refractivity contribution in [2.45, 2.75) is 6.92 Å². The lowest BCUT2D eigenvalue weighted by Gasteiger charge is -2.07. The first-order valence-electron chi connectivity index (χ1n) is 5.44. The van der Waals surface area contributed by atoms with E-state index in [4.69, 9.17) is 10.4 Å². The fourth-order valence-electron chi connectivity index (χ4n) is 1.52. The zero-order chi connectivity index (χ0) is 13.8. The zero-order valence-corrected chi connectivity index (χ0v) is 10.1. The van der Waals surface area contributed by atoms with Gasteiger partial charge in [-0.1, -0.05) is 0 Å². The maximum atomic E-state index is 10.9. The summed E-state index contributed by atoms with van der Waals surface area (Å²) < 4.78 is 0. The number of aromatic nitrogens is 2. The van der Waals surface area contributed by atoms with Crippen LogP contribution < -0.4 is 5.32 Å². The average molecular weight is 254 g/mol. The Labute approximate surface area is 109 Å². The first kappa shape index (κ1) is 12.5. The van der Waals surface area contributed by atoms with Crippen molar-refractivity contribution in [3.05, 3.63) is 47.4 Å². The molecule has 1 aromatic heterocycles. The number of nitrogens with one attached hydrogen (secondary N) is 1. The number of nitriles is 1. The standard InChI is InChI=1S/C13H10N4O2/c1-8-15-11(13(18)19)6-12(16-8)17-10-4-2-9(7-14)3-5-10/h2-6H,1H3,(H,18,19)(H,15,16,17). The maximum absolute atomic E-state index is 10.9. The Kier molecular flexibility index (Phi) is 3.39. The number of benzene rings is 1. The summed E-state index contributed by atoms with van der Waals surface area (Å²) in [5.41, 5.74) is 1.20. The molecular weight excluding hydrogens is 244 g/mol. The van der Waals surface area contributed by atoms with Crippen LogP contribution in [0.15, 0.2) is 30.3 Å². The molecule has 2 aromatic rings. The van der Waals surface area contributed by atoms with E-state index in [1.165, 1.54) is 6.07 Å². The first-order chi connectivity index (χ1) is 9.08. The van der Waals surface area contributed by atoms with Gasteiger partial charge >= 0.3 is 5.97 Å². The zero-order valence-electron chi connectivity index (χ0n) is 10.1. The lowest BCUT2D eigenvalue weighted by atomic mass is 10.2. The van der Waals surface area contributed by atoms with Crippen LogP contribution in [0, 0.1) is 18.3 Å². The van der Waals surface area contributed by atoms with Gasteiger partial charge in [0.1, 0.15) is 11.6 Å². The highest BCUT2D eigenvalue weighted by atomic mass is 16.4. The van der Waals surface area contributed by atoms with Crippen LogP contribution in [-0.2, 0) is 0 Å². The molecule has 6 heteroatoms. The summed E-state index contributed by atoms with van der Waals surface area (Å²) >= 11 is 0. The summed E-state index contributed by atoms with van der Waals surface area (Å²) in [6.45, 7) is 1.62. The third kappa shape index (κ3) is 3.04. The Morgan fingerprint density at radius 2 is 2.00 bits per heavy atom. The van der Waals surface area contributed by atoms with Gasteiger partial charge in [-0.3, -0.25) is 0 Å². The number of aryl methyl sites for hydroxylation is 1. The number of rotatable bonds is 3. The minimum atomic E-state index is -1.10. The molecule has 0 saturated carbocycles. The molecule has 0 bridgehead atoms. The third-order valence-corrected chi connectivity index (χ3v) is 2.34. The Morgan fingerprint density at radius 3 is 2.58 bits per heavy atom. The number of carboxylic acid groups (broad SMARTS) is 1. The molecule has 2 rings (SSSR count). The first-order valence-corrected chi connectivity index (χ1v) is 5.44. The predicted octanol–water partition coefficient (Wildman–Crippen LogP) is 2.10. The summed E-state index contributed by atoms with van der Waals surface area (Å²) in [6, 6.07) is 10.1. The molecule has 0 atom stereocenters. The van der Waals surface area contributed by atoms with E-state index >= 15 is 0 Å². The van der Waals surface area contributed by atoms with Gasteiger partial charge < -0.3 is 10.4 Å². The topological polar surface area (TPSA) is 98.9 Å². The van der Waals surface area contributed by atoms with Crippen molar-refractivity contribution in [3.8, 4) is 6.07 Å². The van der Waals surface area contributed by atoms with Gasteiger partial charge in [-0.15, -0.1) is 0 Å². The number of carbonyl (C=O) groups is 1. The summed E-state index contributed by atoms with van der Waals surface area (Å²) in [4.78, 5) is 18.8. The molecule has 0 amide bonds. The molecule has 0 aliphatic heterocycles. The number of nitrogens with zero attached hydrogens (tertiary/aromatic N) is 3. The number of carboxylic acids is 1. The molecule has 2 N–H and O–H groups in total. The van der Waals surface area contributed by atoms with E-state index in [1.54, 1.807) is 31.2 Å². The van der Waals surface area contributed by atoms with Crippen LogP contribution in [0.1, 0.15) is 21.9 Å². The van der Waals surface area contributed by atoms with E-state index in [2.05, 4.69) is 15.3 Å². The van der Waals surface area contributed by atoms with Crippen molar-refractivity contribution in [2.75, 3.05) is 5.32 Å². The number of hydrogen-bond donors (Lipinski definition) is 2. The smallest absolute Gasteiger partial charge is 0.354 e. The molecule has 0 spiro atoms. The molecule has 6 nitrogen and oxygen atoms in total. The van der Waals surface area contributed by atoms with Crippen molar-refractivity contribution >= 4 is 17.5 Å². The molecule has 0 radical (unpaired) electrons. The predicted molar refractivity (Wildman–Crippen MR) is 68.2 cm³/mol. The van der Waals surface area contributed by atoms with Crippen molar-refractivity contribution in [1.29, 1.82) is 5.26 Å². The highest BCUT2D eigenvalue weighted by Crippen LogP contribution is 2.16. The van der Waals surface area contributed by atoms with E-state index in [0.717, 1.165) is 0 Å². The lowest BCUT2D eigenvalue weighted by molar-refractivity contribution is 0.0690. The molecule has 0 saturated heterocycles. The second-order valence-corrected chi connectivity index (χ2v) is 3.80. The molecule has 1 aromatic carbocycles. The van der Waals surface area contributed by atoms with Crippen LogP contribution in [0.3, 0.4) is 0 Å². The monoisotopic (exact) mass is 254 g/mol. The molecule has 1 heterocycles. The number of aromatic carboxylic acids is 1. The second-order valence-electron chi connectivity index (χ2n) is 3.80. The molecule has 19 heavy (non-hydrogen) atoms. The minimum absolute atomic E-state index is 0.0661. The summed E-state index contributed by atoms with van der Waals surface area (Å²) in [6.07, 6.45) is 0. The van der Waals surface area contributed by atoms with E-state index in [1.807, 2.05) is 6.07 Å². The van der Waals surface area contributed by atoms with Gasteiger partial charge in [-0.05, 0) is 31.2 Å².